The van der Waals surface area contributed by atoms with Gasteiger partial charge in [0.1, 0.15) is 0 Å². The van der Waals surface area contributed by atoms with Crippen molar-refractivity contribution in [3.05, 3.63) is 65.2 Å². The predicted molar refractivity (Wildman–Crippen MR) is 107 cm³/mol. The Morgan fingerprint density at radius 2 is 1.71 bits per heavy atom. The molecule has 6 nitrogen and oxygen atoms in total. The number of carbonyl (C=O) groups is 2. The number of amides is 2. The number of fused-ring (bicyclic) bond motifs is 1. The second-order valence-corrected chi connectivity index (χ2v) is 9.57. The van der Waals surface area contributed by atoms with Gasteiger partial charge in [-0.05, 0) is 55.2 Å². The topological polar surface area (TPSA) is 83.5 Å². The SMILES string of the molecule is O=C(NC1CCS(=O)(=O)C1)c1ccc(C(=O)N2CCCc3ccccc32)cc1. The molecule has 0 saturated carbocycles. The molecule has 1 N–H and O–H groups in total. The third kappa shape index (κ3) is 3.80. The van der Waals surface area contributed by atoms with Crippen LogP contribution in [0.15, 0.2) is 48.5 Å². The molecule has 2 aliphatic heterocycles. The van der Waals surface area contributed by atoms with E-state index in [1.165, 1.54) is 5.56 Å². The third-order valence-electron chi connectivity index (χ3n) is 5.32. The Morgan fingerprint density at radius 1 is 1.00 bits per heavy atom. The van der Waals surface area contributed by atoms with E-state index >= 15 is 0 Å². The van der Waals surface area contributed by atoms with Crippen LogP contribution in [0.3, 0.4) is 0 Å². The third-order valence-corrected chi connectivity index (χ3v) is 7.09. The van der Waals surface area contributed by atoms with Crippen molar-refractivity contribution in [2.24, 2.45) is 0 Å². The second-order valence-electron chi connectivity index (χ2n) is 7.34. The van der Waals surface area contributed by atoms with E-state index in [9.17, 15) is 18.0 Å². The summed E-state index contributed by atoms with van der Waals surface area (Å²) in [5.41, 5.74) is 3.06. The Kier molecular flexibility index (Phi) is 4.93. The largest absolute Gasteiger partial charge is 0.348 e. The van der Waals surface area contributed by atoms with Crippen LogP contribution >= 0.6 is 0 Å². The number of aryl methyl sites for hydroxylation is 1. The zero-order chi connectivity index (χ0) is 19.7. The van der Waals surface area contributed by atoms with Crippen LogP contribution in [0.2, 0.25) is 0 Å². The second kappa shape index (κ2) is 7.39. The van der Waals surface area contributed by atoms with Crippen molar-refractivity contribution < 1.29 is 18.0 Å². The summed E-state index contributed by atoms with van der Waals surface area (Å²) in [6.45, 7) is 0.675. The number of hydrogen-bond acceptors (Lipinski definition) is 4. The first kappa shape index (κ1) is 18.7. The summed E-state index contributed by atoms with van der Waals surface area (Å²) in [5, 5.41) is 2.76. The fourth-order valence-electron chi connectivity index (χ4n) is 3.84. The van der Waals surface area contributed by atoms with Crippen LogP contribution < -0.4 is 10.2 Å². The maximum atomic E-state index is 13.0. The summed E-state index contributed by atoms with van der Waals surface area (Å²) >= 11 is 0. The molecule has 0 bridgehead atoms. The minimum Gasteiger partial charge on any atom is -0.348 e. The molecule has 2 aromatic carbocycles. The Labute approximate surface area is 164 Å². The number of benzene rings is 2. The summed E-state index contributed by atoms with van der Waals surface area (Å²) < 4.78 is 23.0. The Hall–Kier alpha value is -2.67. The standard InChI is InChI=1S/C21H22N2O4S/c24-20(22-18-11-13-28(26,27)14-18)16-7-9-17(10-8-16)21(25)23-12-3-5-15-4-1-2-6-19(15)23/h1-2,4,6-10,18H,3,5,11-14H2,(H,22,24). The summed E-state index contributed by atoms with van der Waals surface area (Å²) in [5.74, 6) is -0.294. The van der Waals surface area contributed by atoms with Crippen LogP contribution in [-0.2, 0) is 16.3 Å². The van der Waals surface area contributed by atoms with Crippen LogP contribution in [0.4, 0.5) is 5.69 Å². The van der Waals surface area contributed by atoms with Crippen molar-refractivity contribution in [3.63, 3.8) is 0 Å². The molecule has 146 valence electrons. The lowest BCUT2D eigenvalue weighted by Gasteiger charge is -2.29. The summed E-state index contributed by atoms with van der Waals surface area (Å²) in [4.78, 5) is 27.1. The maximum Gasteiger partial charge on any atom is 0.258 e. The Bertz CT molecular complexity index is 1010. The first-order valence-corrected chi connectivity index (χ1v) is 11.3. The van der Waals surface area contributed by atoms with Crippen molar-refractivity contribution in [3.8, 4) is 0 Å². The van der Waals surface area contributed by atoms with Gasteiger partial charge in [-0.1, -0.05) is 18.2 Å². The van der Waals surface area contributed by atoms with E-state index in [1.807, 2.05) is 24.3 Å². The number of sulfone groups is 1. The summed E-state index contributed by atoms with van der Waals surface area (Å²) in [7, 11) is -3.04. The molecule has 0 aromatic heterocycles. The number of nitrogens with one attached hydrogen (secondary N) is 1. The molecule has 1 fully saturated rings. The van der Waals surface area contributed by atoms with Crippen molar-refractivity contribution >= 4 is 27.3 Å². The molecule has 0 radical (unpaired) electrons. The minimum atomic E-state index is -3.04. The fraction of sp³-hybridized carbons (Fsp3) is 0.333. The van der Waals surface area contributed by atoms with Crippen molar-refractivity contribution in [1.29, 1.82) is 0 Å². The highest BCUT2D eigenvalue weighted by atomic mass is 32.2. The Balaban J connectivity index is 1.46. The van der Waals surface area contributed by atoms with Gasteiger partial charge in [-0.15, -0.1) is 0 Å². The van der Waals surface area contributed by atoms with Gasteiger partial charge in [0.2, 0.25) is 0 Å². The number of para-hydroxylation sites is 1. The molecule has 1 saturated heterocycles. The smallest absolute Gasteiger partial charge is 0.258 e. The molecular formula is C21H22N2O4S. The lowest BCUT2D eigenvalue weighted by Crippen LogP contribution is -2.36. The van der Waals surface area contributed by atoms with Crippen molar-refractivity contribution in [2.45, 2.75) is 25.3 Å². The van der Waals surface area contributed by atoms with Gasteiger partial charge in [-0.2, -0.15) is 0 Å². The highest BCUT2D eigenvalue weighted by molar-refractivity contribution is 7.91. The van der Waals surface area contributed by atoms with E-state index in [2.05, 4.69) is 5.32 Å². The predicted octanol–water partition coefficient (Wildman–Crippen LogP) is 2.20. The molecule has 2 heterocycles. The van der Waals surface area contributed by atoms with Gasteiger partial charge in [-0.3, -0.25) is 9.59 Å². The molecule has 1 unspecified atom stereocenters. The molecule has 28 heavy (non-hydrogen) atoms. The van der Waals surface area contributed by atoms with Crippen LogP contribution in [0, 0.1) is 0 Å². The molecule has 7 heteroatoms. The minimum absolute atomic E-state index is 0.0102. The molecular weight excluding hydrogens is 376 g/mol. The van der Waals surface area contributed by atoms with Crippen LogP contribution in [0.5, 0.6) is 0 Å². The quantitative estimate of drug-likeness (QED) is 0.859. The van der Waals surface area contributed by atoms with Gasteiger partial charge in [0.05, 0.1) is 11.5 Å². The monoisotopic (exact) mass is 398 g/mol. The van der Waals surface area contributed by atoms with Gasteiger partial charge in [0.15, 0.2) is 9.84 Å². The molecule has 4 rings (SSSR count). The van der Waals surface area contributed by atoms with Crippen molar-refractivity contribution in [2.75, 3.05) is 23.0 Å². The highest BCUT2D eigenvalue weighted by Gasteiger charge is 2.29. The normalized spacial score (nSPS) is 20.4. The zero-order valence-electron chi connectivity index (χ0n) is 15.4. The van der Waals surface area contributed by atoms with Crippen LogP contribution in [0.1, 0.15) is 39.1 Å². The van der Waals surface area contributed by atoms with E-state index in [-0.39, 0.29) is 29.4 Å². The van der Waals surface area contributed by atoms with Crippen LogP contribution in [-0.4, -0.2) is 44.3 Å². The average molecular weight is 398 g/mol. The molecule has 2 aliphatic rings. The van der Waals surface area contributed by atoms with Crippen LogP contribution in [0.25, 0.3) is 0 Å². The number of hydrogen-bond donors (Lipinski definition) is 1. The average Bonchev–Trinajstić information content (AvgIpc) is 3.05. The fourth-order valence-corrected chi connectivity index (χ4v) is 5.52. The van der Waals surface area contributed by atoms with E-state index in [0.717, 1.165) is 18.5 Å². The number of carbonyl (C=O) groups excluding carboxylic acids is 2. The summed E-state index contributed by atoms with van der Waals surface area (Å²) in [6, 6.07) is 14.1. The summed E-state index contributed by atoms with van der Waals surface area (Å²) in [6.07, 6.45) is 2.34. The molecule has 0 spiro atoms. The van der Waals surface area contributed by atoms with Gasteiger partial charge >= 0.3 is 0 Å². The number of rotatable bonds is 3. The number of nitrogens with zero attached hydrogens (tertiary/aromatic N) is 1. The first-order chi connectivity index (χ1) is 13.4. The van der Waals surface area contributed by atoms with E-state index in [1.54, 1.807) is 29.2 Å². The maximum absolute atomic E-state index is 13.0. The molecule has 0 aliphatic carbocycles. The lowest BCUT2D eigenvalue weighted by atomic mass is 10.0. The Morgan fingerprint density at radius 3 is 2.43 bits per heavy atom. The zero-order valence-corrected chi connectivity index (χ0v) is 16.2. The van der Waals surface area contributed by atoms with Gasteiger partial charge in [-0.25, -0.2) is 8.42 Å². The van der Waals surface area contributed by atoms with Crippen molar-refractivity contribution in [1.82, 2.24) is 5.32 Å². The molecule has 1 atom stereocenters. The van der Waals surface area contributed by atoms with E-state index in [0.29, 0.717) is 24.1 Å². The lowest BCUT2D eigenvalue weighted by molar-refractivity contribution is 0.0938. The first-order valence-electron chi connectivity index (χ1n) is 9.44. The number of anilines is 1. The van der Waals surface area contributed by atoms with Gasteiger partial charge < -0.3 is 10.2 Å². The van der Waals surface area contributed by atoms with Gasteiger partial charge in [0.25, 0.3) is 11.8 Å². The highest BCUT2D eigenvalue weighted by Crippen LogP contribution is 2.28. The molecule has 2 amide bonds. The van der Waals surface area contributed by atoms with Gasteiger partial charge in [0, 0.05) is 29.4 Å². The van der Waals surface area contributed by atoms with E-state index in [4.69, 9.17) is 0 Å². The van der Waals surface area contributed by atoms with E-state index < -0.39 is 9.84 Å². The molecule has 2 aromatic rings.